The van der Waals surface area contributed by atoms with Crippen LogP contribution in [0.15, 0.2) is 53.6 Å². The minimum absolute atomic E-state index is 0.136. The summed E-state index contributed by atoms with van der Waals surface area (Å²) in [5, 5.41) is 4.14. The number of carbonyl (C=O) groups is 1. The van der Waals surface area contributed by atoms with Crippen molar-refractivity contribution in [3.05, 3.63) is 65.2 Å². The van der Waals surface area contributed by atoms with Gasteiger partial charge in [0.05, 0.1) is 18.5 Å². The van der Waals surface area contributed by atoms with Crippen molar-refractivity contribution >= 4 is 27.3 Å². The van der Waals surface area contributed by atoms with Gasteiger partial charge in [0.15, 0.2) is 0 Å². The molecule has 2 aromatic carbocycles. The van der Waals surface area contributed by atoms with Crippen molar-refractivity contribution < 1.29 is 13.2 Å². The molecule has 0 unspecified atom stereocenters. The lowest BCUT2D eigenvalue weighted by Gasteiger charge is -2.23. The maximum atomic E-state index is 12.3. The molecule has 1 N–H and O–H groups in total. The van der Waals surface area contributed by atoms with Crippen LogP contribution in [-0.2, 0) is 16.6 Å². The minimum atomic E-state index is -3.49. The van der Waals surface area contributed by atoms with Gasteiger partial charge in [-0.2, -0.15) is 5.10 Å². The van der Waals surface area contributed by atoms with Crippen LogP contribution in [0.2, 0.25) is 0 Å². The van der Waals surface area contributed by atoms with E-state index in [-0.39, 0.29) is 17.9 Å². The van der Waals surface area contributed by atoms with Gasteiger partial charge in [-0.3, -0.25) is 9.10 Å². The van der Waals surface area contributed by atoms with E-state index >= 15 is 0 Å². The lowest BCUT2D eigenvalue weighted by atomic mass is 9.91. The molecule has 0 spiro atoms. The van der Waals surface area contributed by atoms with Crippen molar-refractivity contribution in [2.75, 3.05) is 10.6 Å². The second kappa shape index (κ2) is 8.78. The van der Waals surface area contributed by atoms with E-state index in [0.717, 1.165) is 16.8 Å². The largest absolute Gasteiger partial charge is 0.271 e. The Balaban J connectivity index is 2.20. The number of aryl methyl sites for hydroxylation is 1. The van der Waals surface area contributed by atoms with E-state index in [1.807, 2.05) is 58.9 Å². The molecule has 2 aromatic rings. The smallest absolute Gasteiger partial charge is 0.267 e. The fourth-order valence-electron chi connectivity index (χ4n) is 2.41. The molecule has 0 aliphatic heterocycles. The summed E-state index contributed by atoms with van der Waals surface area (Å²) in [6.07, 6.45) is 1.17. The molecule has 0 bridgehead atoms. The zero-order chi connectivity index (χ0) is 21.8. The number of benzene rings is 2. The SMILES string of the molecule is CC(=NNC(=O)c1ccc(N(Cc2ccc(C)cc2)S(C)(=O)=O)cc1)C(C)(C)C. The monoisotopic (exact) mass is 415 g/mol. The number of hydrazone groups is 1. The first kappa shape index (κ1) is 22.6. The number of anilines is 1. The van der Waals surface area contributed by atoms with Crippen LogP contribution in [0.1, 0.15) is 49.2 Å². The highest BCUT2D eigenvalue weighted by atomic mass is 32.2. The Bertz CT molecular complexity index is 987. The highest BCUT2D eigenvalue weighted by Gasteiger charge is 2.19. The second-order valence-electron chi connectivity index (χ2n) is 8.19. The van der Waals surface area contributed by atoms with E-state index in [2.05, 4.69) is 10.5 Å². The maximum absolute atomic E-state index is 12.3. The predicted molar refractivity (Wildman–Crippen MR) is 119 cm³/mol. The quantitative estimate of drug-likeness (QED) is 0.569. The third-order valence-electron chi connectivity index (χ3n) is 4.68. The summed E-state index contributed by atoms with van der Waals surface area (Å²) < 4.78 is 26.0. The summed E-state index contributed by atoms with van der Waals surface area (Å²) in [4.78, 5) is 12.3. The summed E-state index contributed by atoms with van der Waals surface area (Å²) >= 11 is 0. The molecule has 2 rings (SSSR count). The van der Waals surface area contributed by atoms with Crippen molar-refractivity contribution in [1.29, 1.82) is 0 Å². The summed E-state index contributed by atoms with van der Waals surface area (Å²) in [5.74, 6) is -0.343. The Labute approximate surface area is 173 Å². The Morgan fingerprint density at radius 3 is 2.07 bits per heavy atom. The first-order valence-electron chi connectivity index (χ1n) is 9.36. The van der Waals surface area contributed by atoms with E-state index in [1.165, 1.54) is 10.6 Å². The summed E-state index contributed by atoms with van der Waals surface area (Å²) in [6, 6.07) is 14.2. The number of nitrogens with one attached hydrogen (secondary N) is 1. The molecular weight excluding hydrogens is 386 g/mol. The van der Waals surface area contributed by atoms with Gasteiger partial charge in [0, 0.05) is 16.7 Å². The Morgan fingerprint density at radius 2 is 1.59 bits per heavy atom. The molecule has 0 fully saturated rings. The van der Waals surface area contributed by atoms with Crippen molar-refractivity contribution in [3.8, 4) is 0 Å². The van der Waals surface area contributed by atoms with Crippen LogP contribution in [0.25, 0.3) is 0 Å². The Kier molecular flexibility index (Phi) is 6.85. The van der Waals surface area contributed by atoms with Gasteiger partial charge in [0.1, 0.15) is 0 Å². The van der Waals surface area contributed by atoms with Crippen molar-refractivity contribution in [2.24, 2.45) is 10.5 Å². The van der Waals surface area contributed by atoms with Gasteiger partial charge in [0.2, 0.25) is 10.0 Å². The first-order valence-corrected chi connectivity index (χ1v) is 11.2. The molecule has 0 aliphatic carbocycles. The van der Waals surface area contributed by atoms with Gasteiger partial charge < -0.3 is 0 Å². The van der Waals surface area contributed by atoms with E-state index in [1.54, 1.807) is 24.3 Å². The number of hydrogen-bond acceptors (Lipinski definition) is 4. The lowest BCUT2D eigenvalue weighted by Crippen LogP contribution is -2.29. The highest BCUT2D eigenvalue weighted by Crippen LogP contribution is 2.22. The molecule has 7 heteroatoms. The predicted octanol–water partition coefficient (Wildman–Crippen LogP) is 4.11. The van der Waals surface area contributed by atoms with E-state index in [0.29, 0.717) is 11.3 Å². The molecule has 29 heavy (non-hydrogen) atoms. The molecule has 156 valence electrons. The molecular formula is C22H29N3O3S. The van der Waals surface area contributed by atoms with E-state index in [4.69, 9.17) is 0 Å². The number of sulfonamides is 1. The van der Waals surface area contributed by atoms with Crippen LogP contribution in [0.4, 0.5) is 5.69 Å². The van der Waals surface area contributed by atoms with Crippen molar-refractivity contribution in [1.82, 2.24) is 5.43 Å². The van der Waals surface area contributed by atoms with E-state index < -0.39 is 10.0 Å². The number of amides is 1. The zero-order valence-electron chi connectivity index (χ0n) is 17.9. The topological polar surface area (TPSA) is 78.8 Å². The van der Waals surface area contributed by atoms with Crippen LogP contribution in [0.3, 0.4) is 0 Å². The number of nitrogens with zero attached hydrogens (tertiary/aromatic N) is 2. The molecule has 0 aromatic heterocycles. The van der Waals surface area contributed by atoms with Gasteiger partial charge in [-0.1, -0.05) is 50.6 Å². The van der Waals surface area contributed by atoms with Crippen LogP contribution >= 0.6 is 0 Å². The lowest BCUT2D eigenvalue weighted by molar-refractivity contribution is 0.0954. The molecule has 6 nitrogen and oxygen atoms in total. The van der Waals surface area contributed by atoms with Gasteiger partial charge in [-0.15, -0.1) is 0 Å². The van der Waals surface area contributed by atoms with Crippen LogP contribution in [0, 0.1) is 12.3 Å². The van der Waals surface area contributed by atoms with E-state index in [9.17, 15) is 13.2 Å². The van der Waals surface area contributed by atoms with Crippen LogP contribution in [0.5, 0.6) is 0 Å². The minimum Gasteiger partial charge on any atom is -0.267 e. The molecule has 1 amide bonds. The van der Waals surface area contributed by atoms with Crippen LogP contribution in [-0.4, -0.2) is 26.3 Å². The second-order valence-corrected chi connectivity index (χ2v) is 10.1. The molecule has 0 radical (unpaired) electrons. The van der Waals surface area contributed by atoms with Crippen LogP contribution < -0.4 is 9.73 Å². The van der Waals surface area contributed by atoms with Gasteiger partial charge in [-0.05, 0) is 43.7 Å². The van der Waals surface area contributed by atoms with Crippen molar-refractivity contribution in [2.45, 2.75) is 41.2 Å². The fraction of sp³-hybridized carbons (Fsp3) is 0.364. The fourth-order valence-corrected chi connectivity index (χ4v) is 3.29. The Morgan fingerprint density at radius 1 is 1.03 bits per heavy atom. The third-order valence-corrected chi connectivity index (χ3v) is 5.82. The molecule has 0 saturated carbocycles. The summed E-state index contributed by atoms with van der Waals surface area (Å²) in [5.41, 5.74) is 6.12. The van der Waals surface area contributed by atoms with Gasteiger partial charge in [0.25, 0.3) is 5.91 Å². The number of rotatable bonds is 6. The maximum Gasteiger partial charge on any atom is 0.271 e. The average molecular weight is 416 g/mol. The summed E-state index contributed by atoms with van der Waals surface area (Å²) in [7, 11) is -3.49. The van der Waals surface area contributed by atoms with Gasteiger partial charge >= 0.3 is 0 Å². The molecule has 0 atom stereocenters. The number of carbonyl (C=O) groups excluding carboxylic acids is 1. The zero-order valence-corrected chi connectivity index (χ0v) is 18.7. The first-order chi connectivity index (χ1) is 13.4. The average Bonchev–Trinajstić information content (AvgIpc) is 2.63. The van der Waals surface area contributed by atoms with Crippen molar-refractivity contribution in [3.63, 3.8) is 0 Å². The standard InChI is InChI=1S/C22H29N3O3S/c1-16-7-9-18(10-8-16)15-25(29(6,27)28)20-13-11-19(12-14-20)21(26)24-23-17(2)22(3,4)5/h7-14H,15H2,1-6H3,(H,24,26). The summed E-state index contributed by atoms with van der Waals surface area (Å²) in [6.45, 7) is 10.1. The Hall–Kier alpha value is -2.67. The molecule has 0 aliphatic rings. The number of hydrogen-bond donors (Lipinski definition) is 1. The normalized spacial score (nSPS) is 12.6. The third kappa shape index (κ3) is 6.42. The molecule has 0 heterocycles. The highest BCUT2D eigenvalue weighted by molar-refractivity contribution is 7.92. The molecule has 0 saturated heterocycles. The van der Waals surface area contributed by atoms with Gasteiger partial charge in [-0.25, -0.2) is 13.8 Å².